The van der Waals surface area contributed by atoms with E-state index in [0.29, 0.717) is 11.3 Å². The number of allylic oxidation sites excluding steroid dienone is 1. The third-order valence-corrected chi connectivity index (χ3v) is 3.89. The summed E-state index contributed by atoms with van der Waals surface area (Å²) in [6.07, 6.45) is 0. The third-order valence-electron chi connectivity index (χ3n) is 3.89. The molecule has 3 rings (SSSR count). The number of hydrogen-bond donors (Lipinski definition) is 3. The summed E-state index contributed by atoms with van der Waals surface area (Å²) in [5.41, 5.74) is -1.64. The number of aliphatic hydroxyl groups is 2. The molecule has 0 radical (unpaired) electrons. The van der Waals surface area contributed by atoms with Gasteiger partial charge < -0.3 is 10.2 Å². The molecular weight excluding hydrogens is 292 g/mol. The average Bonchev–Trinajstić information content (AvgIpc) is 2.76. The van der Waals surface area contributed by atoms with Crippen molar-refractivity contribution in [3.8, 4) is 0 Å². The molecule has 3 N–H and O–H groups in total. The van der Waals surface area contributed by atoms with E-state index >= 15 is 0 Å². The van der Waals surface area contributed by atoms with Crippen LogP contribution in [0.25, 0.3) is 0 Å². The Hall–Kier alpha value is -2.92. The predicted molar refractivity (Wildman–Crippen MR) is 87.3 cm³/mol. The summed E-state index contributed by atoms with van der Waals surface area (Å²) in [4.78, 5) is 13.9. The summed E-state index contributed by atoms with van der Waals surface area (Å²) in [5.74, 6) is -0.889. The molecule has 1 amide bonds. The number of rotatable bonds is 2. The van der Waals surface area contributed by atoms with Gasteiger partial charge in [-0.1, -0.05) is 48.5 Å². The number of para-hydroxylation sites is 1. The van der Waals surface area contributed by atoms with E-state index in [0.717, 1.165) is 4.90 Å². The molecule has 0 spiro atoms. The van der Waals surface area contributed by atoms with Gasteiger partial charge in [0.25, 0.3) is 5.91 Å². The van der Waals surface area contributed by atoms with E-state index < -0.39 is 11.6 Å². The van der Waals surface area contributed by atoms with Crippen molar-refractivity contribution in [3.63, 3.8) is 0 Å². The first kappa shape index (κ1) is 15.0. The summed E-state index contributed by atoms with van der Waals surface area (Å²) in [7, 11) is 0. The van der Waals surface area contributed by atoms with Crippen molar-refractivity contribution < 1.29 is 15.0 Å². The largest absolute Gasteiger partial charge is 0.512 e. The number of anilines is 1. The number of carbonyl (C=O) groups excluding carboxylic acids is 1. The Morgan fingerprint density at radius 2 is 1.57 bits per heavy atom. The Bertz CT molecular complexity index is 796. The van der Waals surface area contributed by atoms with Crippen LogP contribution in [-0.4, -0.2) is 21.8 Å². The maximum absolute atomic E-state index is 12.8. The lowest BCUT2D eigenvalue weighted by Gasteiger charge is -2.33. The van der Waals surface area contributed by atoms with Crippen LogP contribution in [0.4, 0.5) is 5.69 Å². The number of benzene rings is 2. The van der Waals surface area contributed by atoms with Crippen LogP contribution in [-0.2, 0) is 10.5 Å². The monoisotopic (exact) mass is 308 g/mol. The zero-order chi connectivity index (χ0) is 16.6. The van der Waals surface area contributed by atoms with Gasteiger partial charge >= 0.3 is 0 Å². The number of nitrogens with zero attached hydrogens (tertiary/aromatic N) is 1. The molecule has 1 heterocycles. The lowest BCUT2D eigenvalue weighted by Crippen LogP contribution is -2.47. The van der Waals surface area contributed by atoms with E-state index in [1.54, 1.807) is 60.7 Å². The molecule has 1 unspecified atom stereocenters. The molecule has 2 aromatic carbocycles. The average molecular weight is 308 g/mol. The molecule has 0 aromatic heterocycles. The molecule has 1 saturated heterocycles. The van der Waals surface area contributed by atoms with Crippen LogP contribution in [0, 0.1) is 5.41 Å². The van der Waals surface area contributed by atoms with Crippen molar-refractivity contribution in [2.75, 3.05) is 4.90 Å². The molecule has 0 aliphatic carbocycles. The lowest BCUT2D eigenvalue weighted by molar-refractivity contribution is -0.116. The van der Waals surface area contributed by atoms with Gasteiger partial charge in [0.15, 0.2) is 0 Å². The second kappa shape index (κ2) is 5.37. The Morgan fingerprint density at radius 1 is 1.04 bits per heavy atom. The highest BCUT2D eigenvalue weighted by Crippen LogP contribution is 2.41. The third kappa shape index (κ3) is 2.13. The van der Waals surface area contributed by atoms with Gasteiger partial charge in [0.1, 0.15) is 17.0 Å². The smallest absolute Gasteiger partial charge is 0.266 e. The van der Waals surface area contributed by atoms with Crippen LogP contribution >= 0.6 is 0 Å². The fourth-order valence-electron chi connectivity index (χ4n) is 2.81. The highest BCUT2D eigenvalue weighted by molar-refractivity contribution is 6.35. The van der Waals surface area contributed by atoms with Gasteiger partial charge in [-0.15, -0.1) is 0 Å². The van der Waals surface area contributed by atoms with Gasteiger partial charge in [-0.2, -0.15) is 0 Å². The Labute approximate surface area is 133 Å². The van der Waals surface area contributed by atoms with Gasteiger partial charge in [-0.25, -0.2) is 0 Å². The van der Waals surface area contributed by atoms with Gasteiger partial charge in [-0.3, -0.25) is 15.1 Å². The molecule has 23 heavy (non-hydrogen) atoms. The van der Waals surface area contributed by atoms with Gasteiger partial charge in [0.2, 0.25) is 5.72 Å². The van der Waals surface area contributed by atoms with Crippen LogP contribution in [0.2, 0.25) is 0 Å². The van der Waals surface area contributed by atoms with E-state index in [2.05, 4.69) is 0 Å². The van der Waals surface area contributed by atoms with E-state index in [-0.39, 0.29) is 17.0 Å². The van der Waals surface area contributed by atoms with Crippen LogP contribution < -0.4 is 4.90 Å². The minimum absolute atomic E-state index is 0.180. The van der Waals surface area contributed by atoms with Crippen molar-refractivity contribution in [2.45, 2.75) is 12.6 Å². The molecule has 0 bridgehead atoms. The Morgan fingerprint density at radius 3 is 2.09 bits per heavy atom. The van der Waals surface area contributed by atoms with E-state index in [1.807, 2.05) is 0 Å². The van der Waals surface area contributed by atoms with Crippen molar-refractivity contribution in [1.82, 2.24) is 0 Å². The minimum Gasteiger partial charge on any atom is -0.512 e. The quantitative estimate of drug-likeness (QED) is 0.589. The summed E-state index contributed by atoms with van der Waals surface area (Å²) >= 11 is 0. The minimum atomic E-state index is -1.96. The normalized spacial score (nSPS) is 23.3. The fraction of sp³-hybridized carbons (Fsp3) is 0.111. The first-order valence-electron chi connectivity index (χ1n) is 7.14. The molecule has 0 saturated carbocycles. The van der Waals surface area contributed by atoms with Crippen LogP contribution in [0.5, 0.6) is 0 Å². The van der Waals surface area contributed by atoms with Crippen molar-refractivity contribution in [2.24, 2.45) is 0 Å². The van der Waals surface area contributed by atoms with E-state index in [9.17, 15) is 15.0 Å². The maximum atomic E-state index is 12.8. The summed E-state index contributed by atoms with van der Waals surface area (Å²) < 4.78 is 0. The molecule has 1 aliphatic rings. The number of nitrogens with one attached hydrogen (secondary N) is 1. The van der Waals surface area contributed by atoms with Gasteiger partial charge in [-0.05, 0) is 19.1 Å². The zero-order valence-corrected chi connectivity index (χ0v) is 12.5. The van der Waals surface area contributed by atoms with Crippen molar-refractivity contribution in [3.05, 3.63) is 77.6 Å². The standard InChI is InChI=1S/C18H16N2O3/c1-12(21)15-16(19)18(23,13-8-4-2-5-9-13)20(17(15)22)14-10-6-3-7-11-14/h2-11,19,21,23H,1H3/b15-12+,19-16?. The molecule has 1 atom stereocenters. The molecule has 1 fully saturated rings. The molecule has 1 aliphatic heterocycles. The number of amides is 1. The predicted octanol–water partition coefficient (Wildman–Crippen LogP) is 2.73. The van der Waals surface area contributed by atoms with E-state index in [1.165, 1.54) is 6.92 Å². The number of carbonyl (C=O) groups is 1. The van der Waals surface area contributed by atoms with Crippen LogP contribution in [0.15, 0.2) is 72.0 Å². The molecular formula is C18H16N2O3. The fourth-order valence-corrected chi connectivity index (χ4v) is 2.81. The second-order valence-corrected chi connectivity index (χ2v) is 5.35. The van der Waals surface area contributed by atoms with Crippen LogP contribution in [0.3, 0.4) is 0 Å². The number of aliphatic hydroxyl groups excluding tert-OH is 1. The van der Waals surface area contributed by atoms with Gasteiger partial charge in [0, 0.05) is 11.3 Å². The first-order valence-corrected chi connectivity index (χ1v) is 7.14. The Balaban J connectivity index is 2.28. The summed E-state index contributed by atoms with van der Waals surface area (Å²) in [6.45, 7) is 1.34. The van der Waals surface area contributed by atoms with Crippen molar-refractivity contribution in [1.29, 1.82) is 5.41 Å². The van der Waals surface area contributed by atoms with E-state index in [4.69, 9.17) is 5.41 Å². The highest BCUT2D eigenvalue weighted by Gasteiger charge is 2.55. The zero-order valence-electron chi connectivity index (χ0n) is 12.5. The second-order valence-electron chi connectivity index (χ2n) is 5.35. The SMILES string of the molecule is C/C(O)=C1/C(=N)C(O)(c2ccccc2)N(c2ccccc2)C1=O. The lowest BCUT2D eigenvalue weighted by atomic mass is 9.95. The maximum Gasteiger partial charge on any atom is 0.266 e. The topological polar surface area (TPSA) is 84.6 Å². The van der Waals surface area contributed by atoms with Crippen LogP contribution in [0.1, 0.15) is 12.5 Å². The van der Waals surface area contributed by atoms with Crippen molar-refractivity contribution >= 4 is 17.3 Å². The first-order chi connectivity index (χ1) is 11.0. The van der Waals surface area contributed by atoms with Gasteiger partial charge in [0.05, 0.1) is 0 Å². The molecule has 2 aromatic rings. The number of hydrogen-bond acceptors (Lipinski definition) is 4. The summed E-state index contributed by atoms with van der Waals surface area (Å²) in [5, 5.41) is 29.4. The molecule has 5 nitrogen and oxygen atoms in total. The molecule has 5 heteroatoms. The Kier molecular flexibility index (Phi) is 3.50. The molecule has 116 valence electrons. The summed E-state index contributed by atoms with van der Waals surface area (Å²) in [6, 6.07) is 17.2. The highest BCUT2D eigenvalue weighted by atomic mass is 16.3.